The minimum absolute atomic E-state index is 0.0471. The van der Waals surface area contributed by atoms with E-state index < -0.39 is 0 Å². The molecule has 0 aromatic carbocycles. The molecule has 0 unspecified atom stereocenters. The second kappa shape index (κ2) is 5.95. The fourth-order valence-corrected chi connectivity index (χ4v) is 1.22. The van der Waals surface area contributed by atoms with E-state index in [1.165, 1.54) is 0 Å². The number of anilines is 2. The first-order chi connectivity index (χ1) is 7.58. The van der Waals surface area contributed by atoms with Crippen LogP contribution in [0.15, 0.2) is 18.3 Å². The number of nitrogen functional groups attached to an aromatic ring is 1. The van der Waals surface area contributed by atoms with Gasteiger partial charge in [0.15, 0.2) is 0 Å². The minimum atomic E-state index is 0.0471. The van der Waals surface area contributed by atoms with Crippen molar-refractivity contribution >= 4 is 17.4 Å². The van der Waals surface area contributed by atoms with Gasteiger partial charge in [0.1, 0.15) is 5.82 Å². The normalized spacial score (nSPS) is 10.2. The van der Waals surface area contributed by atoms with Crippen molar-refractivity contribution in [2.75, 3.05) is 17.6 Å². The van der Waals surface area contributed by atoms with Crippen molar-refractivity contribution in [1.82, 2.24) is 10.3 Å². The highest BCUT2D eigenvalue weighted by molar-refractivity contribution is 5.76. The van der Waals surface area contributed by atoms with Crippen LogP contribution in [0.3, 0.4) is 0 Å². The summed E-state index contributed by atoms with van der Waals surface area (Å²) < 4.78 is 0. The third-order valence-electron chi connectivity index (χ3n) is 1.92. The Balaban J connectivity index is 2.25. The van der Waals surface area contributed by atoms with Gasteiger partial charge in [-0.3, -0.25) is 4.79 Å². The number of nitrogens with two attached hydrogens (primary N) is 1. The number of carbonyl (C=O) groups excluding carboxylic acids is 1. The van der Waals surface area contributed by atoms with E-state index in [2.05, 4.69) is 15.6 Å². The molecule has 0 atom stereocenters. The van der Waals surface area contributed by atoms with Gasteiger partial charge in [-0.1, -0.05) is 0 Å². The fraction of sp³-hybridized carbons (Fsp3) is 0.455. The van der Waals surface area contributed by atoms with E-state index in [9.17, 15) is 4.79 Å². The number of nitrogens with one attached hydrogen (secondary N) is 2. The van der Waals surface area contributed by atoms with Crippen LogP contribution in [0, 0.1) is 0 Å². The van der Waals surface area contributed by atoms with Crippen LogP contribution in [-0.4, -0.2) is 23.5 Å². The highest BCUT2D eigenvalue weighted by Gasteiger charge is 2.02. The lowest BCUT2D eigenvalue weighted by Gasteiger charge is -2.09. The maximum Gasteiger partial charge on any atom is 0.221 e. The maximum atomic E-state index is 11.3. The summed E-state index contributed by atoms with van der Waals surface area (Å²) >= 11 is 0. The van der Waals surface area contributed by atoms with Gasteiger partial charge in [0.2, 0.25) is 5.91 Å². The summed E-state index contributed by atoms with van der Waals surface area (Å²) in [5.74, 6) is 0.536. The van der Waals surface area contributed by atoms with Crippen molar-refractivity contribution in [3.8, 4) is 0 Å². The Morgan fingerprint density at radius 1 is 1.50 bits per heavy atom. The summed E-state index contributed by atoms with van der Waals surface area (Å²) in [4.78, 5) is 15.3. The molecule has 0 bridgehead atoms. The molecule has 1 aromatic rings. The fourth-order valence-electron chi connectivity index (χ4n) is 1.22. The number of amides is 1. The second-order valence-corrected chi connectivity index (χ2v) is 3.87. The largest absolute Gasteiger partial charge is 0.384 e. The molecule has 5 nitrogen and oxygen atoms in total. The number of hydrogen-bond acceptors (Lipinski definition) is 4. The van der Waals surface area contributed by atoms with E-state index in [0.717, 1.165) is 5.69 Å². The number of aromatic nitrogens is 1. The minimum Gasteiger partial charge on any atom is -0.384 e. The molecule has 1 heterocycles. The predicted octanol–water partition coefficient (Wildman–Crippen LogP) is 0.990. The van der Waals surface area contributed by atoms with Crippen LogP contribution in [0.25, 0.3) is 0 Å². The van der Waals surface area contributed by atoms with Crippen LogP contribution in [0.4, 0.5) is 11.5 Å². The Labute approximate surface area is 95.4 Å². The van der Waals surface area contributed by atoms with Gasteiger partial charge in [-0.2, -0.15) is 0 Å². The Morgan fingerprint density at radius 3 is 2.81 bits per heavy atom. The molecule has 1 aromatic heterocycles. The lowest BCUT2D eigenvalue weighted by atomic mass is 10.3. The summed E-state index contributed by atoms with van der Waals surface area (Å²) in [6, 6.07) is 3.74. The number of nitrogens with zero attached hydrogens (tertiary/aromatic N) is 1. The van der Waals surface area contributed by atoms with Crippen molar-refractivity contribution in [2.24, 2.45) is 0 Å². The zero-order chi connectivity index (χ0) is 12.0. The van der Waals surface area contributed by atoms with E-state index in [-0.39, 0.29) is 11.9 Å². The lowest BCUT2D eigenvalue weighted by molar-refractivity contribution is -0.121. The van der Waals surface area contributed by atoms with Crippen LogP contribution in [0.2, 0.25) is 0 Å². The van der Waals surface area contributed by atoms with Crippen LogP contribution >= 0.6 is 0 Å². The Morgan fingerprint density at radius 2 is 2.25 bits per heavy atom. The molecule has 1 amide bonds. The standard InChI is InChI=1S/C11H18N4O/c1-8(2)15-11(16)5-6-13-9-3-4-10(12)14-7-9/h3-4,7-8,13H,5-6H2,1-2H3,(H2,12,14)(H,15,16). The van der Waals surface area contributed by atoms with E-state index in [1.54, 1.807) is 12.3 Å². The molecule has 88 valence electrons. The molecule has 0 radical (unpaired) electrons. The number of pyridine rings is 1. The molecule has 5 heteroatoms. The molecule has 0 aliphatic heterocycles. The molecule has 0 saturated heterocycles. The first kappa shape index (κ1) is 12.3. The van der Waals surface area contributed by atoms with Gasteiger partial charge in [-0.05, 0) is 26.0 Å². The quantitative estimate of drug-likeness (QED) is 0.694. The van der Waals surface area contributed by atoms with E-state index in [4.69, 9.17) is 5.73 Å². The van der Waals surface area contributed by atoms with Gasteiger partial charge < -0.3 is 16.4 Å². The smallest absolute Gasteiger partial charge is 0.221 e. The summed E-state index contributed by atoms with van der Waals surface area (Å²) in [6.45, 7) is 4.47. The average molecular weight is 222 g/mol. The van der Waals surface area contributed by atoms with Crippen molar-refractivity contribution in [3.05, 3.63) is 18.3 Å². The maximum absolute atomic E-state index is 11.3. The van der Waals surface area contributed by atoms with E-state index >= 15 is 0 Å². The van der Waals surface area contributed by atoms with Crippen molar-refractivity contribution < 1.29 is 4.79 Å². The molecular weight excluding hydrogens is 204 g/mol. The molecule has 0 aliphatic carbocycles. The van der Waals surface area contributed by atoms with Crippen molar-refractivity contribution in [1.29, 1.82) is 0 Å². The first-order valence-corrected chi connectivity index (χ1v) is 5.32. The monoisotopic (exact) mass is 222 g/mol. The molecular formula is C11H18N4O. The number of hydrogen-bond donors (Lipinski definition) is 3. The van der Waals surface area contributed by atoms with Crippen molar-refractivity contribution in [3.63, 3.8) is 0 Å². The summed E-state index contributed by atoms with van der Waals surface area (Å²) in [7, 11) is 0. The van der Waals surface area contributed by atoms with Crippen molar-refractivity contribution in [2.45, 2.75) is 26.3 Å². The zero-order valence-corrected chi connectivity index (χ0v) is 9.66. The third kappa shape index (κ3) is 4.63. The first-order valence-electron chi connectivity index (χ1n) is 5.32. The van der Waals surface area contributed by atoms with Gasteiger partial charge in [-0.15, -0.1) is 0 Å². The van der Waals surface area contributed by atoms with Gasteiger partial charge in [0.05, 0.1) is 11.9 Å². The topological polar surface area (TPSA) is 80.0 Å². The summed E-state index contributed by atoms with van der Waals surface area (Å²) in [6.07, 6.45) is 2.10. The molecule has 0 aliphatic rings. The van der Waals surface area contributed by atoms with Gasteiger partial charge in [0.25, 0.3) is 0 Å². The van der Waals surface area contributed by atoms with Gasteiger partial charge in [0, 0.05) is 19.0 Å². The lowest BCUT2D eigenvalue weighted by Crippen LogP contribution is -2.31. The molecule has 0 fully saturated rings. The Bertz CT molecular complexity index is 334. The zero-order valence-electron chi connectivity index (χ0n) is 9.66. The highest BCUT2D eigenvalue weighted by Crippen LogP contribution is 2.06. The van der Waals surface area contributed by atoms with Gasteiger partial charge >= 0.3 is 0 Å². The molecule has 0 saturated carbocycles. The van der Waals surface area contributed by atoms with Crippen LogP contribution < -0.4 is 16.4 Å². The predicted molar refractivity (Wildman–Crippen MR) is 65.0 cm³/mol. The highest BCUT2D eigenvalue weighted by atomic mass is 16.1. The molecule has 16 heavy (non-hydrogen) atoms. The van der Waals surface area contributed by atoms with Crippen LogP contribution in [-0.2, 0) is 4.79 Å². The summed E-state index contributed by atoms with van der Waals surface area (Å²) in [5, 5.41) is 5.92. The average Bonchev–Trinajstić information content (AvgIpc) is 2.20. The van der Waals surface area contributed by atoms with Gasteiger partial charge in [-0.25, -0.2) is 4.98 Å². The number of carbonyl (C=O) groups is 1. The SMILES string of the molecule is CC(C)NC(=O)CCNc1ccc(N)nc1. The van der Waals surface area contributed by atoms with E-state index in [1.807, 2.05) is 19.9 Å². The second-order valence-electron chi connectivity index (χ2n) is 3.87. The molecule has 1 rings (SSSR count). The summed E-state index contributed by atoms with van der Waals surface area (Å²) in [5.41, 5.74) is 6.32. The Kier molecular flexibility index (Phi) is 4.57. The third-order valence-corrected chi connectivity index (χ3v) is 1.92. The van der Waals surface area contributed by atoms with Crippen LogP contribution in [0.1, 0.15) is 20.3 Å². The van der Waals surface area contributed by atoms with Crippen LogP contribution in [0.5, 0.6) is 0 Å². The Hall–Kier alpha value is -1.78. The molecule has 4 N–H and O–H groups in total. The van der Waals surface area contributed by atoms with E-state index in [0.29, 0.717) is 18.8 Å². The number of rotatable bonds is 5. The molecule has 0 spiro atoms.